The van der Waals surface area contributed by atoms with Crippen LogP contribution in [0.3, 0.4) is 0 Å². The first kappa shape index (κ1) is 20.1. The Hall–Kier alpha value is -4.19. The maximum absolute atomic E-state index is 12.5. The highest BCUT2D eigenvalue weighted by Crippen LogP contribution is 2.15. The minimum atomic E-state index is -0.587. The van der Waals surface area contributed by atoms with Gasteiger partial charge in [0.05, 0.1) is 18.2 Å². The van der Waals surface area contributed by atoms with Crippen molar-refractivity contribution in [3.63, 3.8) is 0 Å². The van der Waals surface area contributed by atoms with Crippen molar-refractivity contribution in [2.24, 2.45) is 0 Å². The maximum atomic E-state index is 12.5. The number of carbonyl (C=O) groups excluding carboxylic acids is 2. The fourth-order valence-corrected chi connectivity index (χ4v) is 3.54. The second-order valence-corrected chi connectivity index (χ2v) is 7.14. The number of benzene rings is 1. The van der Waals surface area contributed by atoms with Gasteiger partial charge < -0.3 is 20.1 Å². The zero-order valence-corrected chi connectivity index (χ0v) is 16.7. The molecule has 9 nitrogen and oxygen atoms in total. The molecule has 1 aromatic carbocycles. The van der Waals surface area contributed by atoms with E-state index in [-0.39, 0.29) is 23.4 Å². The van der Waals surface area contributed by atoms with Crippen LogP contribution in [0, 0.1) is 11.3 Å². The standard InChI is InChI=1S/C22H20N6O3/c23-12-15-5-6-24-19(11-15)27-7-9-28(10-8-27)20(29)14-26-22(31)17-13-25-18-4-2-1-3-16(18)21(17)30/h1-6,11,13H,7-10,14H2,(H,25,30)(H,26,31). The number of anilines is 1. The summed E-state index contributed by atoms with van der Waals surface area (Å²) in [7, 11) is 0. The molecule has 1 aliphatic rings. The summed E-state index contributed by atoms with van der Waals surface area (Å²) < 4.78 is 0. The Bertz CT molecular complexity index is 1240. The summed E-state index contributed by atoms with van der Waals surface area (Å²) in [6.45, 7) is 1.92. The quantitative estimate of drug-likeness (QED) is 0.651. The van der Waals surface area contributed by atoms with Gasteiger partial charge in [0.15, 0.2) is 0 Å². The predicted octanol–water partition coefficient (Wildman–Crippen LogP) is 0.873. The summed E-state index contributed by atoms with van der Waals surface area (Å²) in [5.74, 6) is -0.101. The summed E-state index contributed by atoms with van der Waals surface area (Å²) in [6, 6.07) is 12.4. The van der Waals surface area contributed by atoms with Gasteiger partial charge >= 0.3 is 0 Å². The molecule has 0 saturated carbocycles. The molecule has 1 fully saturated rings. The van der Waals surface area contributed by atoms with Crippen LogP contribution < -0.4 is 15.6 Å². The van der Waals surface area contributed by atoms with Crippen molar-refractivity contribution in [2.45, 2.75) is 0 Å². The van der Waals surface area contributed by atoms with E-state index in [1.807, 2.05) is 4.90 Å². The highest BCUT2D eigenvalue weighted by Gasteiger charge is 2.23. The van der Waals surface area contributed by atoms with Gasteiger partial charge in [0.1, 0.15) is 11.4 Å². The third kappa shape index (κ3) is 4.23. The van der Waals surface area contributed by atoms with Crippen LogP contribution in [0.4, 0.5) is 5.82 Å². The minimum absolute atomic E-state index is 0.0280. The molecule has 9 heteroatoms. The Morgan fingerprint density at radius 1 is 1.16 bits per heavy atom. The van der Waals surface area contributed by atoms with Crippen molar-refractivity contribution in [1.29, 1.82) is 5.26 Å². The second-order valence-electron chi connectivity index (χ2n) is 7.14. The van der Waals surface area contributed by atoms with Crippen molar-refractivity contribution >= 4 is 28.5 Å². The maximum Gasteiger partial charge on any atom is 0.257 e. The molecular formula is C22H20N6O3. The Morgan fingerprint density at radius 3 is 2.71 bits per heavy atom. The normalized spacial score (nSPS) is 13.6. The number of carbonyl (C=O) groups is 2. The van der Waals surface area contributed by atoms with E-state index >= 15 is 0 Å². The highest BCUT2D eigenvalue weighted by atomic mass is 16.2. The first-order chi connectivity index (χ1) is 15.1. The van der Waals surface area contributed by atoms with Crippen LogP contribution in [0.2, 0.25) is 0 Å². The number of fused-ring (bicyclic) bond motifs is 1. The molecule has 0 spiro atoms. The average molecular weight is 416 g/mol. The number of rotatable bonds is 4. The van der Waals surface area contributed by atoms with Crippen molar-refractivity contribution < 1.29 is 9.59 Å². The number of H-pyrrole nitrogens is 1. The zero-order chi connectivity index (χ0) is 21.8. The van der Waals surface area contributed by atoms with E-state index < -0.39 is 5.91 Å². The molecule has 2 N–H and O–H groups in total. The predicted molar refractivity (Wildman–Crippen MR) is 115 cm³/mol. The van der Waals surface area contributed by atoms with E-state index in [2.05, 4.69) is 21.4 Å². The van der Waals surface area contributed by atoms with Crippen LogP contribution in [0.15, 0.2) is 53.6 Å². The van der Waals surface area contributed by atoms with Gasteiger partial charge in [0, 0.05) is 49.5 Å². The van der Waals surface area contributed by atoms with Gasteiger partial charge in [-0.3, -0.25) is 14.4 Å². The molecule has 2 amide bonds. The lowest BCUT2D eigenvalue weighted by atomic mass is 10.1. The molecule has 0 aliphatic carbocycles. The summed E-state index contributed by atoms with van der Waals surface area (Å²) in [4.78, 5) is 48.4. The average Bonchev–Trinajstić information content (AvgIpc) is 2.83. The summed E-state index contributed by atoms with van der Waals surface area (Å²) >= 11 is 0. The van der Waals surface area contributed by atoms with Crippen LogP contribution in [-0.2, 0) is 4.79 Å². The van der Waals surface area contributed by atoms with E-state index in [0.29, 0.717) is 48.5 Å². The van der Waals surface area contributed by atoms with Crippen LogP contribution in [-0.4, -0.2) is 59.4 Å². The molecule has 0 unspecified atom stereocenters. The Morgan fingerprint density at radius 2 is 1.94 bits per heavy atom. The molecule has 156 valence electrons. The van der Waals surface area contributed by atoms with Crippen LogP contribution in [0.1, 0.15) is 15.9 Å². The molecular weight excluding hydrogens is 396 g/mol. The van der Waals surface area contributed by atoms with Gasteiger partial charge in [0.2, 0.25) is 11.3 Å². The first-order valence-electron chi connectivity index (χ1n) is 9.84. The summed E-state index contributed by atoms with van der Waals surface area (Å²) in [6.07, 6.45) is 2.96. The zero-order valence-electron chi connectivity index (χ0n) is 16.7. The van der Waals surface area contributed by atoms with Crippen LogP contribution >= 0.6 is 0 Å². The third-order valence-corrected chi connectivity index (χ3v) is 5.26. The Labute approximate surface area is 177 Å². The molecule has 1 saturated heterocycles. The first-order valence-corrected chi connectivity index (χ1v) is 9.84. The number of nitriles is 1. The van der Waals surface area contributed by atoms with E-state index in [4.69, 9.17) is 5.26 Å². The number of amides is 2. The topological polar surface area (TPSA) is 122 Å². The summed E-state index contributed by atoms with van der Waals surface area (Å²) in [5.41, 5.74) is 0.780. The molecule has 0 radical (unpaired) electrons. The van der Waals surface area contributed by atoms with Gasteiger partial charge in [-0.15, -0.1) is 0 Å². The molecule has 31 heavy (non-hydrogen) atoms. The molecule has 0 atom stereocenters. The number of para-hydroxylation sites is 1. The Balaban J connectivity index is 1.33. The largest absolute Gasteiger partial charge is 0.360 e. The van der Waals surface area contributed by atoms with Gasteiger partial charge in [-0.25, -0.2) is 4.98 Å². The van der Waals surface area contributed by atoms with E-state index in [1.165, 1.54) is 6.20 Å². The fourth-order valence-electron chi connectivity index (χ4n) is 3.54. The van der Waals surface area contributed by atoms with Crippen LogP contribution in [0.5, 0.6) is 0 Å². The van der Waals surface area contributed by atoms with Crippen molar-refractivity contribution in [3.05, 3.63) is 70.1 Å². The summed E-state index contributed by atoms with van der Waals surface area (Å²) in [5, 5.41) is 12.0. The van der Waals surface area contributed by atoms with Crippen LogP contribution in [0.25, 0.3) is 10.9 Å². The van der Waals surface area contributed by atoms with Crippen molar-refractivity contribution in [2.75, 3.05) is 37.6 Å². The SMILES string of the molecule is N#Cc1ccnc(N2CCN(C(=O)CNC(=O)c3c[nH]c4ccccc4c3=O)CC2)c1. The molecule has 3 heterocycles. The Kier molecular flexibility index (Phi) is 5.62. The number of nitrogens with zero attached hydrogens (tertiary/aromatic N) is 4. The molecule has 2 aromatic heterocycles. The lowest BCUT2D eigenvalue weighted by Gasteiger charge is -2.35. The van der Waals surface area contributed by atoms with Gasteiger partial charge in [0.25, 0.3) is 5.91 Å². The van der Waals surface area contributed by atoms with E-state index in [1.54, 1.807) is 47.5 Å². The van der Waals surface area contributed by atoms with E-state index in [9.17, 15) is 14.4 Å². The molecule has 3 aromatic rings. The second kappa shape index (κ2) is 8.67. The van der Waals surface area contributed by atoms with Crippen molar-refractivity contribution in [3.8, 4) is 6.07 Å². The number of pyridine rings is 2. The number of piperazine rings is 1. The minimum Gasteiger partial charge on any atom is -0.360 e. The molecule has 4 rings (SSSR count). The molecule has 0 bridgehead atoms. The molecule has 1 aliphatic heterocycles. The lowest BCUT2D eigenvalue weighted by Crippen LogP contribution is -2.51. The van der Waals surface area contributed by atoms with Gasteiger partial charge in [-0.1, -0.05) is 12.1 Å². The third-order valence-electron chi connectivity index (χ3n) is 5.26. The number of hydrogen-bond donors (Lipinski definition) is 2. The highest BCUT2D eigenvalue weighted by molar-refractivity contribution is 5.98. The van der Waals surface area contributed by atoms with E-state index in [0.717, 1.165) is 0 Å². The number of hydrogen-bond acceptors (Lipinski definition) is 6. The van der Waals surface area contributed by atoms with Crippen molar-refractivity contribution in [1.82, 2.24) is 20.2 Å². The van der Waals surface area contributed by atoms with Gasteiger partial charge in [-0.05, 0) is 24.3 Å². The monoisotopic (exact) mass is 416 g/mol. The number of nitrogens with one attached hydrogen (secondary N) is 2. The van der Waals surface area contributed by atoms with Gasteiger partial charge in [-0.2, -0.15) is 5.26 Å². The number of aromatic nitrogens is 2. The number of aromatic amines is 1. The smallest absolute Gasteiger partial charge is 0.257 e. The lowest BCUT2D eigenvalue weighted by molar-refractivity contribution is -0.130. The fraction of sp³-hybridized carbons (Fsp3) is 0.227.